The van der Waals surface area contributed by atoms with E-state index in [0.717, 1.165) is 12.8 Å². The van der Waals surface area contributed by atoms with Crippen molar-refractivity contribution >= 4 is 31.8 Å². The monoisotopic (exact) mass is 677 g/mol. The van der Waals surface area contributed by atoms with Gasteiger partial charge in [0.1, 0.15) is 29.0 Å². The fourth-order valence-corrected chi connectivity index (χ4v) is 7.32. The average molecular weight is 678 g/mol. The Bertz CT molecular complexity index is 1570. The number of nitrogens with two attached hydrogens (primary N) is 1. The van der Waals surface area contributed by atoms with E-state index in [1.54, 1.807) is 77.7 Å². The molecule has 0 bridgehead atoms. The minimum absolute atomic E-state index is 0. The molecule has 1 heterocycles. The fraction of sp³-hybridized carbons (Fsp3) is 0.278. The number of halogens is 1. The Labute approximate surface area is 282 Å². The van der Waals surface area contributed by atoms with E-state index < -0.39 is 25.3 Å². The number of amides is 2. The largest absolute Gasteiger partial charge is 0.457 e. The van der Waals surface area contributed by atoms with Crippen molar-refractivity contribution in [2.45, 2.75) is 50.3 Å². The molecule has 2 amide bonds. The van der Waals surface area contributed by atoms with Crippen molar-refractivity contribution in [2.24, 2.45) is 5.73 Å². The van der Waals surface area contributed by atoms with E-state index in [2.05, 4.69) is 5.32 Å². The lowest BCUT2D eigenvalue weighted by Crippen LogP contribution is -2.49. The SMILES string of the molecule is Cl.NCCCCCC(NC(=O)[C@@H]1CCCN1C(=O)c1ccccc1Oc1ccccc1)P(=O)(Oc1ccccc1)Oc1ccccc1. The molecule has 0 aromatic heterocycles. The lowest BCUT2D eigenvalue weighted by atomic mass is 10.1. The van der Waals surface area contributed by atoms with Crippen LogP contribution in [0.15, 0.2) is 115 Å². The summed E-state index contributed by atoms with van der Waals surface area (Å²) in [4.78, 5) is 29.5. The maximum Gasteiger partial charge on any atom is 0.452 e. The number of likely N-dealkylation sites (tertiary alicyclic amines) is 1. The zero-order valence-corrected chi connectivity index (χ0v) is 27.8. The van der Waals surface area contributed by atoms with Crippen LogP contribution in [0.1, 0.15) is 48.9 Å². The number of unbranched alkanes of at least 4 members (excludes halogenated alkanes) is 2. The van der Waals surface area contributed by atoms with Gasteiger partial charge in [0.15, 0.2) is 5.78 Å². The molecule has 248 valence electrons. The molecule has 0 radical (unpaired) electrons. The van der Waals surface area contributed by atoms with E-state index in [4.69, 9.17) is 19.5 Å². The Hall–Kier alpha value is -4.30. The van der Waals surface area contributed by atoms with Gasteiger partial charge in [-0.15, -0.1) is 12.4 Å². The molecule has 1 saturated heterocycles. The fourth-order valence-electron chi connectivity index (χ4n) is 5.42. The lowest BCUT2D eigenvalue weighted by Gasteiger charge is -2.31. The summed E-state index contributed by atoms with van der Waals surface area (Å²) in [6.07, 6.45) is 3.65. The van der Waals surface area contributed by atoms with Crippen LogP contribution < -0.4 is 24.8 Å². The van der Waals surface area contributed by atoms with Crippen LogP contribution >= 0.6 is 20.0 Å². The minimum Gasteiger partial charge on any atom is -0.457 e. The molecular formula is C36H41ClN3O6P. The molecule has 1 aliphatic rings. The van der Waals surface area contributed by atoms with Gasteiger partial charge in [-0.25, -0.2) is 4.57 Å². The van der Waals surface area contributed by atoms with Gasteiger partial charge in [-0.2, -0.15) is 0 Å². The van der Waals surface area contributed by atoms with Crippen LogP contribution in [0, 0.1) is 0 Å². The second-order valence-corrected chi connectivity index (χ2v) is 13.1. The molecule has 0 spiro atoms. The van der Waals surface area contributed by atoms with Gasteiger partial charge in [-0.05, 0) is 80.8 Å². The smallest absolute Gasteiger partial charge is 0.452 e. The van der Waals surface area contributed by atoms with Crippen LogP contribution in [-0.4, -0.2) is 41.6 Å². The van der Waals surface area contributed by atoms with Gasteiger partial charge in [0, 0.05) is 6.54 Å². The van der Waals surface area contributed by atoms with Gasteiger partial charge in [-0.1, -0.05) is 79.6 Å². The van der Waals surface area contributed by atoms with Gasteiger partial charge in [0.25, 0.3) is 5.91 Å². The first-order valence-electron chi connectivity index (χ1n) is 15.7. The van der Waals surface area contributed by atoms with Crippen LogP contribution in [0.5, 0.6) is 23.0 Å². The Balaban J connectivity index is 0.00000500. The Morgan fingerprint density at radius 2 is 1.34 bits per heavy atom. The third-order valence-electron chi connectivity index (χ3n) is 7.73. The summed E-state index contributed by atoms with van der Waals surface area (Å²) in [7, 11) is -4.05. The van der Waals surface area contributed by atoms with Crippen LogP contribution in [0.4, 0.5) is 0 Å². The van der Waals surface area contributed by atoms with Crippen molar-refractivity contribution in [1.29, 1.82) is 0 Å². The van der Waals surface area contributed by atoms with Crippen LogP contribution in [0.3, 0.4) is 0 Å². The first-order valence-corrected chi connectivity index (χ1v) is 17.3. The van der Waals surface area contributed by atoms with Crippen LogP contribution in [0.25, 0.3) is 0 Å². The molecule has 9 nitrogen and oxygen atoms in total. The Morgan fingerprint density at radius 3 is 1.94 bits per heavy atom. The molecule has 5 rings (SSSR count). The highest BCUT2D eigenvalue weighted by Crippen LogP contribution is 2.53. The van der Waals surface area contributed by atoms with Crippen molar-refractivity contribution < 1.29 is 27.9 Å². The van der Waals surface area contributed by atoms with Crippen LogP contribution in [-0.2, 0) is 9.36 Å². The van der Waals surface area contributed by atoms with Crippen molar-refractivity contribution in [2.75, 3.05) is 13.1 Å². The van der Waals surface area contributed by atoms with E-state index in [0.29, 0.717) is 67.3 Å². The first kappa shape index (κ1) is 35.6. The topological polar surface area (TPSA) is 120 Å². The molecule has 11 heteroatoms. The normalized spacial score (nSPS) is 14.8. The molecule has 2 atom stereocenters. The Kier molecular flexibility index (Phi) is 13.3. The number of hydrogen-bond donors (Lipinski definition) is 2. The molecule has 4 aromatic rings. The van der Waals surface area contributed by atoms with E-state index >= 15 is 0 Å². The zero-order chi connectivity index (χ0) is 32.2. The minimum atomic E-state index is -4.05. The third-order valence-corrected chi connectivity index (χ3v) is 9.81. The summed E-state index contributed by atoms with van der Waals surface area (Å²) in [5, 5.41) is 3.00. The molecule has 0 saturated carbocycles. The number of carbonyl (C=O) groups is 2. The summed E-state index contributed by atoms with van der Waals surface area (Å²) in [6, 6.07) is 33.0. The summed E-state index contributed by atoms with van der Waals surface area (Å²) < 4.78 is 33.0. The van der Waals surface area contributed by atoms with Crippen LogP contribution in [0.2, 0.25) is 0 Å². The third kappa shape index (κ3) is 9.61. The van der Waals surface area contributed by atoms with Gasteiger partial charge >= 0.3 is 7.60 Å². The summed E-state index contributed by atoms with van der Waals surface area (Å²) >= 11 is 0. The van der Waals surface area contributed by atoms with Gasteiger partial charge < -0.3 is 29.7 Å². The molecular weight excluding hydrogens is 637 g/mol. The number of benzene rings is 4. The summed E-state index contributed by atoms with van der Waals surface area (Å²) in [5.74, 6) is 0.0106. The molecule has 3 N–H and O–H groups in total. The molecule has 1 aliphatic heterocycles. The summed E-state index contributed by atoms with van der Waals surface area (Å²) in [5.41, 5.74) is 6.08. The molecule has 1 fully saturated rings. The summed E-state index contributed by atoms with van der Waals surface area (Å²) in [6.45, 7) is 0.931. The van der Waals surface area contributed by atoms with Crippen molar-refractivity contribution in [3.63, 3.8) is 0 Å². The highest BCUT2D eigenvalue weighted by Gasteiger charge is 2.43. The van der Waals surface area contributed by atoms with Gasteiger partial charge in [-0.3, -0.25) is 9.59 Å². The highest BCUT2D eigenvalue weighted by molar-refractivity contribution is 7.55. The van der Waals surface area contributed by atoms with E-state index in [1.165, 1.54) is 0 Å². The van der Waals surface area contributed by atoms with Gasteiger partial charge in [0.05, 0.1) is 5.56 Å². The van der Waals surface area contributed by atoms with Crippen molar-refractivity contribution in [3.8, 4) is 23.0 Å². The van der Waals surface area contributed by atoms with E-state index in [9.17, 15) is 14.2 Å². The maximum absolute atomic E-state index is 14.7. The first-order chi connectivity index (χ1) is 22.5. The molecule has 47 heavy (non-hydrogen) atoms. The molecule has 0 aliphatic carbocycles. The molecule has 4 aromatic carbocycles. The van der Waals surface area contributed by atoms with Crippen molar-refractivity contribution in [1.82, 2.24) is 10.2 Å². The number of ether oxygens (including phenoxy) is 1. The standard InChI is InChI=1S/C36H40N3O6P.ClH/c37-26-14-4-11-25-34(46(42,44-29-18-7-2-8-19-29)45-30-20-9-3-10-21-30)38-35(40)32-23-15-27-39(32)36(41)31-22-12-13-24-33(31)43-28-16-5-1-6-17-28;/h1-3,5-10,12-13,16-22,24,32,34H,4,11,14-15,23,25-27,37H2,(H,38,40);1H/t32-,34?;/m0./s1. The number of carbonyl (C=O) groups excluding carboxylic acids is 2. The zero-order valence-electron chi connectivity index (χ0n) is 26.1. The number of nitrogens with zero attached hydrogens (tertiary/aromatic N) is 1. The highest BCUT2D eigenvalue weighted by atomic mass is 35.5. The molecule has 1 unspecified atom stereocenters. The number of para-hydroxylation sites is 4. The van der Waals surface area contributed by atoms with E-state index in [1.807, 2.05) is 42.5 Å². The van der Waals surface area contributed by atoms with Crippen molar-refractivity contribution in [3.05, 3.63) is 121 Å². The number of nitrogens with one attached hydrogen (secondary N) is 1. The van der Waals surface area contributed by atoms with Gasteiger partial charge in [0.2, 0.25) is 5.91 Å². The maximum atomic E-state index is 14.7. The predicted molar refractivity (Wildman–Crippen MR) is 185 cm³/mol. The predicted octanol–water partition coefficient (Wildman–Crippen LogP) is 7.82. The number of hydrogen-bond acceptors (Lipinski definition) is 7. The number of rotatable bonds is 15. The van der Waals surface area contributed by atoms with E-state index in [-0.39, 0.29) is 18.3 Å². The Morgan fingerprint density at radius 1 is 0.787 bits per heavy atom. The quantitative estimate of drug-likeness (QED) is 0.0972. The second-order valence-electron chi connectivity index (χ2n) is 11.1. The second kappa shape index (κ2) is 17.6. The lowest BCUT2D eigenvalue weighted by molar-refractivity contribution is -0.125. The average Bonchev–Trinajstić information content (AvgIpc) is 3.58.